The number of rotatable bonds is 8. The highest BCUT2D eigenvalue weighted by atomic mass is 35.5. The van der Waals surface area contributed by atoms with Crippen molar-refractivity contribution in [2.45, 2.75) is 26.7 Å². The first kappa shape index (κ1) is 31.4. The number of amides is 1. The fourth-order valence-electron chi connectivity index (χ4n) is 3.27. The lowest BCUT2D eigenvalue weighted by Crippen LogP contribution is -2.37. The molecule has 3 rings (SSSR count). The van der Waals surface area contributed by atoms with Crippen molar-refractivity contribution in [3.8, 4) is 11.8 Å². The lowest BCUT2D eigenvalue weighted by atomic mass is 9.98. The Labute approximate surface area is 227 Å². The number of hydrogen-bond donors (Lipinski definition) is 0. The Bertz CT molecular complexity index is 1220. The smallest absolute Gasteiger partial charge is 0.325 e. The van der Waals surface area contributed by atoms with Gasteiger partial charge in [-0.25, -0.2) is 0 Å². The maximum Gasteiger partial charge on any atom is 0.325 e. The maximum absolute atomic E-state index is 13.3. The van der Waals surface area contributed by atoms with Crippen molar-refractivity contribution >= 4 is 52.1 Å². The zero-order valence-electron chi connectivity index (χ0n) is 21.3. The average molecular weight is 545 g/mol. The number of fused-ring (bicyclic) bond motifs is 1. The second-order valence-corrected chi connectivity index (χ2v) is 8.01. The van der Waals surface area contributed by atoms with Crippen LogP contribution in [0.15, 0.2) is 54.6 Å². The minimum atomic E-state index is -0.575. The van der Waals surface area contributed by atoms with Crippen molar-refractivity contribution in [2.75, 3.05) is 27.3 Å². The van der Waals surface area contributed by atoms with Crippen LogP contribution in [0, 0.1) is 11.3 Å². The summed E-state index contributed by atoms with van der Waals surface area (Å²) in [6.45, 7) is 3.93. The topological polar surface area (TPSA) is 96.7 Å². The minimum absolute atomic E-state index is 0.159. The molecule has 0 heterocycles. The summed E-state index contributed by atoms with van der Waals surface area (Å²) >= 11 is 11.2. The van der Waals surface area contributed by atoms with Crippen molar-refractivity contribution in [3.05, 3.63) is 75.8 Å². The van der Waals surface area contributed by atoms with Gasteiger partial charge in [-0.05, 0) is 35.4 Å². The molecule has 0 fully saturated rings. The molecule has 1 amide bonds. The van der Waals surface area contributed by atoms with E-state index in [1.165, 1.54) is 19.1 Å². The molecular formula is C28H30Cl2N2O5. The first-order valence-electron chi connectivity index (χ1n) is 11.6. The predicted molar refractivity (Wildman–Crippen MR) is 146 cm³/mol. The number of hydrogen-bond acceptors (Lipinski definition) is 6. The first-order chi connectivity index (χ1) is 17.9. The van der Waals surface area contributed by atoms with E-state index in [4.69, 9.17) is 27.9 Å². The number of unbranched alkanes of at least 4 members (excludes halogenated alkanes) is 1. The molecule has 0 N–H and O–H groups in total. The van der Waals surface area contributed by atoms with E-state index in [2.05, 4.69) is 4.74 Å². The predicted octanol–water partition coefficient (Wildman–Crippen LogP) is 6.33. The standard InChI is InChI=1S/C20H20N2O5.C6H4Cl2.C2H6/c1-26-17(24)13-22(9-5-6-10-23)20(25)18-16-8-4-3-7-14(16)11-15(12-21)19(18)27-2;7-5-3-1-2-4-6(5)8;1-2/h3-4,7-8,10-11H,5-6,9,13H2,1-2H3;1-4H;1-2H3. The second-order valence-electron chi connectivity index (χ2n) is 7.19. The Morgan fingerprint density at radius 1 is 1.03 bits per heavy atom. The van der Waals surface area contributed by atoms with E-state index < -0.39 is 11.9 Å². The van der Waals surface area contributed by atoms with Gasteiger partial charge in [0, 0.05) is 13.0 Å². The van der Waals surface area contributed by atoms with Gasteiger partial charge in [0.2, 0.25) is 0 Å². The summed E-state index contributed by atoms with van der Waals surface area (Å²) in [5.41, 5.74) is 0.438. The van der Waals surface area contributed by atoms with Crippen molar-refractivity contribution in [1.82, 2.24) is 4.90 Å². The molecule has 0 saturated heterocycles. The lowest BCUT2D eigenvalue weighted by molar-refractivity contribution is -0.141. The molecule has 0 saturated carbocycles. The summed E-state index contributed by atoms with van der Waals surface area (Å²) in [6, 6.07) is 18.0. The fourth-order valence-corrected chi connectivity index (χ4v) is 3.54. The van der Waals surface area contributed by atoms with E-state index in [1.807, 2.05) is 32.0 Å². The molecule has 196 valence electrons. The molecule has 3 aromatic rings. The van der Waals surface area contributed by atoms with Crippen molar-refractivity contribution in [3.63, 3.8) is 0 Å². The zero-order chi connectivity index (χ0) is 27.8. The third-order valence-corrected chi connectivity index (χ3v) is 5.71. The third kappa shape index (κ3) is 9.09. The van der Waals surface area contributed by atoms with Crippen LogP contribution >= 0.6 is 23.2 Å². The molecule has 3 aromatic carbocycles. The van der Waals surface area contributed by atoms with E-state index in [1.54, 1.807) is 42.5 Å². The SMILES string of the molecule is CC.COC(=O)CN(CCCC=O)C(=O)c1c(OC)c(C#N)cc2ccccc12.Clc1ccccc1Cl. The van der Waals surface area contributed by atoms with E-state index in [9.17, 15) is 19.6 Å². The molecule has 0 aliphatic rings. The van der Waals surface area contributed by atoms with Crippen LogP contribution in [0.5, 0.6) is 5.75 Å². The number of nitrogens with zero attached hydrogens (tertiary/aromatic N) is 2. The summed E-state index contributed by atoms with van der Waals surface area (Å²) in [7, 11) is 2.63. The number of nitriles is 1. The van der Waals surface area contributed by atoms with Crippen LogP contribution in [0.3, 0.4) is 0 Å². The number of methoxy groups -OCH3 is 2. The molecule has 0 unspecified atom stereocenters. The van der Waals surface area contributed by atoms with E-state index in [0.29, 0.717) is 27.2 Å². The van der Waals surface area contributed by atoms with Gasteiger partial charge in [-0.15, -0.1) is 0 Å². The first-order valence-corrected chi connectivity index (χ1v) is 12.3. The molecular weight excluding hydrogens is 515 g/mol. The number of esters is 1. The molecule has 9 heteroatoms. The fraction of sp³-hybridized carbons (Fsp3) is 0.286. The normalized spacial score (nSPS) is 9.54. The molecule has 7 nitrogen and oxygen atoms in total. The number of carbonyl (C=O) groups excluding carboxylic acids is 3. The third-order valence-electron chi connectivity index (χ3n) is 4.95. The summed E-state index contributed by atoms with van der Waals surface area (Å²) in [6.07, 6.45) is 1.43. The van der Waals surface area contributed by atoms with Gasteiger partial charge in [-0.3, -0.25) is 9.59 Å². The summed E-state index contributed by atoms with van der Waals surface area (Å²) in [4.78, 5) is 37.0. The molecule has 0 spiro atoms. The van der Waals surface area contributed by atoms with Crippen LogP contribution in [-0.4, -0.2) is 50.4 Å². The largest absolute Gasteiger partial charge is 0.495 e. The number of aldehydes is 1. The van der Waals surface area contributed by atoms with Gasteiger partial charge in [0.15, 0.2) is 0 Å². The van der Waals surface area contributed by atoms with Gasteiger partial charge >= 0.3 is 5.97 Å². The summed E-state index contributed by atoms with van der Waals surface area (Å²) in [5.74, 6) is -0.878. The van der Waals surface area contributed by atoms with Gasteiger partial charge in [0.25, 0.3) is 5.91 Å². The van der Waals surface area contributed by atoms with Gasteiger partial charge in [-0.1, -0.05) is 73.4 Å². The van der Waals surface area contributed by atoms with Crippen LogP contribution in [0.2, 0.25) is 10.0 Å². The Balaban J connectivity index is 0.000000574. The Morgan fingerprint density at radius 3 is 2.14 bits per heavy atom. The molecule has 0 atom stereocenters. The van der Waals surface area contributed by atoms with Crippen LogP contribution in [0.1, 0.15) is 42.6 Å². The van der Waals surface area contributed by atoms with E-state index in [0.717, 1.165) is 6.29 Å². The highest BCUT2D eigenvalue weighted by molar-refractivity contribution is 6.41. The molecule has 0 aromatic heterocycles. The number of benzene rings is 3. The molecule has 0 bridgehead atoms. The average Bonchev–Trinajstić information content (AvgIpc) is 2.93. The molecule has 37 heavy (non-hydrogen) atoms. The highest BCUT2D eigenvalue weighted by Gasteiger charge is 2.26. The Hall–Kier alpha value is -3.60. The van der Waals surface area contributed by atoms with Gasteiger partial charge < -0.3 is 19.2 Å². The quantitative estimate of drug-likeness (QED) is 0.186. The van der Waals surface area contributed by atoms with E-state index in [-0.39, 0.29) is 36.4 Å². The Morgan fingerprint density at radius 2 is 1.62 bits per heavy atom. The maximum atomic E-state index is 13.3. The second kappa shape index (κ2) is 17.0. The van der Waals surface area contributed by atoms with Crippen molar-refractivity contribution < 1.29 is 23.9 Å². The van der Waals surface area contributed by atoms with Crippen LogP contribution in [0.4, 0.5) is 0 Å². The van der Waals surface area contributed by atoms with Gasteiger partial charge in [0.1, 0.15) is 24.6 Å². The monoisotopic (exact) mass is 544 g/mol. The molecule has 0 radical (unpaired) electrons. The van der Waals surface area contributed by atoms with Gasteiger partial charge in [0.05, 0.1) is 35.4 Å². The number of halogens is 2. The van der Waals surface area contributed by atoms with Crippen molar-refractivity contribution in [1.29, 1.82) is 5.26 Å². The summed E-state index contributed by atoms with van der Waals surface area (Å²) in [5, 5.41) is 12.0. The van der Waals surface area contributed by atoms with Crippen LogP contribution in [0.25, 0.3) is 10.8 Å². The number of carbonyl (C=O) groups is 3. The zero-order valence-corrected chi connectivity index (χ0v) is 22.8. The molecule has 0 aliphatic carbocycles. The number of ether oxygens (including phenoxy) is 2. The van der Waals surface area contributed by atoms with Crippen LogP contribution < -0.4 is 4.74 Å². The van der Waals surface area contributed by atoms with Crippen molar-refractivity contribution in [2.24, 2.45) is 0 Å². The highest BCUT2D eigenvalue weighted by Crippen LogP contribution is 2.33. The van der Waals surface area contributed by atoms with Gasteiger partial charge in [-0.2, -0.15) is 5.26 Å². The molecule has 0 aliphatic heterocycles. The lowest BCUT2D eigenvalue weighted by Gasteiger charge is -2.23. The Kier molecular flexibility index (Phi) is 14.4. The van der Waals surface area contributed by atoms with Crippen LogP contribution in [-0.2, 0) is 14.3 Å². The minimum Gasteiger partial charge on any atom is -0.495 e. The van der Waals surface area contributed by atoms with E-state index >= 15 is 0 Å². The summed E-state index contributed by atoms with van der Waals surface area (Å²) < 4.78 is 10.0.